The van der Waals surface area contributed by atoms with Gasteiger partial charge in [0.05, 0.1) is 6.61 Å². The molecule has 0 aliphatic carbocycles. The molecule has 106 valence electrons. The molecule has 0 saturated heterocycles. The van der Waals surface area contributed by atoms with E-state index in [4.69, 9.17) is 22.1 Å². The third-order valence-electron chi connectivity index (χ3n) is 2.33. The lowest BCUT2D eigenvalue weighted by atomic mass is 10.3. The summed E-state index contributed by atoms with van der Waals surface area (Å²) < 4.78 is 5.56. The van der Waals surface area contributed by atoms with E-state index >= 15 is 0 Å². The van der Waals surface area contributed by atoms with Gasteiger partial charge in [0.25, 0.3) is 5.56 Å². The number of thioether (sulfide) groups is 1. The zero-order valence-corrected chi connectivity index (χ0v) is 12.2. The Labute approximate surface area is 125 Å². The molecule has 0 unspecified atom stereocenters. The summed E-state index contributed by atoms with van der Waals surface area (Å²) in [5.41, 5.74) is 5.26. The number of nitrogen functional groups attached to an aromatic ring is 1. The fraction of sp³-hybridized carbons (Fsp3) is 0.231. The molecule has 0 radical (unpaired) electrons. The quantitative estimate of drug-likeness (QED) is 0.487. The molecule has 0 fully saturated rings. The van der Waals surface area contributed by atoms with E-state index in [-0.39, 0.29) is 11.4 Å². The van der Waals surface area contributed by atoms with Crippen molar-refractivity contribution in [3.8, 4) is 5.75 Å². The van der Waals surface area contributed by atoms with Crippen molar-refractivity contribution in [3.63, 3.8) is 0 Å². The summed E-state index contributed by atoms with van der Waals surface area (Å²) in [6.45, 7) is 0.569. The zero-order valence-electron chi connectivity index (χ0n) is 10.6. The van der Waals surface area contributed by atoms with Crippen LogP contribution in [0, 0.1) is 0 Å². The highest BCUT2D eigenvalue weighted by Gasteiger charge is 2.00. The lowest BCUT2D eigenvalue weighted by Crippen LogP contribution is -2.09. The minimum atomic E-state index is -0.241. The summed E-state index contributed by atoms with van der Waals surface area (Å²) in [7, 11) is 0. The van der Waals surface area contributed by atoms with Crippen molar-refractivity contribution in [1.82, 2.24) is 9.97 Å². The Hall–Kier alpha value is -1.66. The second kappa shape index (κ2) is 7.21. The van der Waals surface area contributed by atoms with Crippen LogP contribution in [-0.2, 0) is 0 Å². The highest BCUT2D eigenvalue weighted by Crippen LogP contribution is 2.18. The van der Waals surface area contributed by atoms with E-state index in [9.17, 15) is 4.79 Å². The first-order valence-electron chi connectivity index (χ1n) is 6.01. The van der Waals surface area contributed by atoms with Gasteiger partial charge in [-0.05, 0) is 24.6 Å². The second-order valence-electron chi connectivity index (χ2n) is 3.98. The molecule has 0 saturated carbocycles. The second-order valence-corrected chi connectivity index (χ2v) is 5.50. The highest BCUT2D eigenvalue weighted by atomic mass is 35.5. The molecule has 7 heteroatoms. The molecule has 1 aromatic carbocycles. The average Bonchev–Trinajstić information content (AvgIpc) is 2.37. The van der Waals surface area contributed by atoms with Crippen LogP contribution in [0.25, 0.3) is 0 Å². The number of halogens is 1. The van der Waals surface area contributed by atoms with Gasteiger partial charge in [-0.3, -0.25) is 4.79 Å². The Morgan fingerprint density at radius 2 is 2.25 bits per heavy atom. The van der Waals surface area contributed by atoms with Gasteiger partial charge in [-0.2, -0.15) is 0 Å². The maximum absolute atomic E-state index is 11.2. The molecule has 1 heterocycles. The number of nitrogens with two attached hydrogens (primary N) is 1. The maximum atomic E-state index is 11.2. The van der Waals surface area contributed by atoms with Gasteiger partial charge < -0.3 is 15.5 Å². The van der Waals surface area contributed by atoms with Crippen LogP contribution in [0.5, 0.6) is 5.75 Å². The van der Waals surface area contributed by atoms with Crippen LogP contribution in [0.15, 0.2) is 40.3 Å². The summed E-state index contributed by atoms with van der Waals surface area (Å²) in [6, 6.07) is 8.52. The van der Waals surface area contributed by atoms with E-state index in [1.54, 1.807) is 12.1 Å². The first kappa shape index (κ1) is 14.7. The smallest absolute Gasteiger partial charge is 0.253 e. The first-order chi connectivity index (χ1) is 9.63. The van der Waals surface area contributed by atoms with Gasteiger partial charge in [0.1, 0.15) is 11.6 Å². The van der Waals surface area contributed by atoms with Crippen molar-refractivity contribution in [3.05, 3.63) is 45.7 Å². The van der Waals surface area contributed by atoms with Crippen molar-refractivity contribution >= 4 is 29.2 Å². The number of ether oxygens (including phenoxy) is 1. The molecule has 0 aliphatic rings. The van der Waals surface area contributed by atoms with Crippen molar-refractivity contribution < 1.29 is 4.74 Å². The van der Waals surface area contributed by atoms with E-state index in [0.717, 1.165) is 17.9 Å². The van der Waals surface area contributed by atoms with Crippen molar-refractivity contribution in [2.75, 3.05) is 18.1 Å². The number of benzene rings is 1. The maximum Gasteiger partial charge on any atom is 0.253 e. The number of nitrogens with zero attached hydrogens (tertiary/aromatic N) is 1. The van der Waals surface area contributed by atoms with Crippen LogP contribution < -0.4 is 16.0 Å². The van der Waals surface area contributed by atoms with Gasteiger partial charge in [0, 0.05) is 16.8 Å². The average molecular weight is 312 g/mol. The molecule has 2 rings (SSSR count). The fourth-order valence-electron chi connectivity index (χ4n) is 1.50. The third-order valence-corrected chi connectivity index (χ3v) is 3.53. The lowest BCUT2D eigenvalue weighted by Gasteiger charge is -2.06. The lowest BCUT2D eigenvalue weighted by molar-refractivity contribution is 0.318. The van der Waals surface area contributed by atoms with Gasteiger partial charge >= 0.3 is 0 Å². The molecule has 0 amide bonds. The van der Waals surface area contributed by atoms with Crippen LogP contribution in [0.2, 0.25) is 5.02 Å². The molecule has 0 atom stereocenters. The molecule has 3 N–H and O–H groups in total. The Balaban J connectivity index is 1.73. The number of nitrogens with one attached hydrogen (secondary N) is 1. The van der Waals surface area contributed by atoms with Crippen LogP contribution in [0.4, 0.5) is 5.82 Å². The van der Waals surface area contributed by atoms with E-state index in [1.807, 2.05) is 12.1 Å². The van der Waals surface area contributed by atoms with Crippen LogP contribution in [-0.4, -0.2) is 22.3 Å². The number of anilines is 1. The Bertz CT molecular complexity index is 633. The summed E-state index contributed by atoms with van der Waals surface area (Å²) >= 11 is 7.29. The first-order valence-corrected chi connectivity index (χ1v) is 7.38. The molecule has 2 aromatic rings. The molecular weight excluding hydrogens is 298 g/mol. The van der Waals surface area contributed by atoms with Gasteiger partial charge in [0.2, 0.25) is 0 Å². The largest absolute Gasteiger partial charge is 0.494 e. The number of aromatic amines is 1. The predicted molar refractivity (Wildman–Crippen MR) is 81.6 cm³/mol. The molecular formula is C13H14ClN3O2S. The Morgan fingerprint density at radius 3 is 3.00 bits per heavy atom. The molecule has 0 aliphatic heterocycles. The van der Waals surface area contributed by atoms with E-state index in [0.29, 0.717) is 16.8 Å². The number of hydrogen-bond donors (Lipinski definition) is 2. The van der Waals surface area contributed by atoms with Gasteiger partial charge in [0.15, 0.2) is 5.16 Å². The van der Waals surface area contributed by atoms with Gasteiger partial charge in [-0.1, -0.05) is 29.4 Å². The molecule has 20 heavy (non-hydrogen) atoms. The standard InChI is InChI=1S/C13H14ClN3O2S/c14-9-3-1-4-10(7-9)19-5-2-6-20-13-16-11(15)8-12(18)17-13/h1,3-4,7-8H,2,5-6H2,(H3,15,16,17,18). The molecule has 1 aromatic heterocycles. The van der Waals surface area contributed by atoms with Crippen molar-refractivity contribution in [2.24, 2.45) is 0 Å². The van der Waals surface area contributed by atoms with Crippen molar-refractivity contribution in [1.29, 1.82) is 0 Å². The van der Waals surface area contributed by atoms with E-state index < -0.39 is 0 Å². The zero-order chi connectivity index (χ0) is 14.4. The summed E-state index contributed by atoms with van der Waals surface area (Å²) in [5, 5.41) is 1.18. The predicted octanol–water partition coefficient (Wildman–Crippen LogP) is 2.57. The monoisotopic (exact) mass is 311 g/mol. The minimum absolute atomic E-state index is 0.228. The minimum Gasteiger partial charge on any atom is -0.494 e. The third kappa shape index (κ3) is 4.79. The number of H-pyrrole nitrogens is 1. The topological polar surface area (TPSA) is 81.0 Å². The highest BCUT2D eigenvalue weighted by molar-refractivity contribution is 7.99. The van der Waals surface area contributed by atoms with E-state index in [1.165, 1.54) is 17.8 Å². The van der Waals surface area contributed by atoms with Crippen LogP contribution >= 0.6 is 23.4 Å². The van der Waals surface area contributed by atoms with Crippen molar-refractivity contribution in [2.45, 2.75) is 11.6 Å². The fourth-order valence-corrected chi connectivity index (χ4v) is 2.47. The summed E-state index contributed by atoms with van der Waals surface area (Å²) in [4.78, 5) is 17.8. The van der Waals surface area contributed by atoms with Gasteiger partial charge in [-0.25, -0.2) is 4.98 Å². The molecule has 0 spiro atoms. The normalized spacial score (nSPS) is 10.4. The SMILES string of the molecule is Nc1cc(=O)[nH]c(SCCCOc2cccc(Cl)c2)n1. The Morgan fingerprint density at radius 1 is 1.40 bits per heavy atom. The Kier molecular flexibility index (Phi) is 5.31. The van der Waals surface area contributed by atoms with E-state index in [2.05, 4.69) is 9.97 Å². The number of aromatic nitrogens is 2. The molecule has 0 bridgehead atoms. The number of hydrogen-bond acceptors (Lipinski definition) is 5. The number of rotatable bonds is 6. The summed E-state index contributed by atoms with van der Waals surface area (Å²) in [6.07, 6.45) is 0.815. The van der Waals surface area contributed by atoms with Gasteiger partial charge in [-0.15, -0.1) is 0 Å². The van der Waals surface area contributed by atoms with Crippen LogP contribution in [0.1, 0.15) is 6.42 Å². The van der Waals surface area contributed by atoms with Crippen LogP contribution in [0.3, 0.4) is 0 Å². The molecule has 5 nitrogen and oxygen atoms in total. The summed E-state index contributed by atoms with van der Waals surface area (Å²) in [5.74, 6) is 1.75.